The molecule has 4 aromatic carbocycles. The van der Waals surface area contributed by atoms with Crippen LogP contribution in [0.15, 0.2) is 66.7 Å². The highest BCUT2D eigenvalue weighted by Gasteiger charge is 2.21. The number of phenolic OH excluding ortho intramolecular Hbond substituents is 3. The van der Waals surface area contributed by atoms with Gasteiger partial charge in [-0.3, -0.25) is 0 Å². The Morgan fingerprint density at radius 1 is 0.571 bits per heavy atom. The zero-order chi connectivity index (χ0) is 29.3. The first-order chi connectivity index (χ1) is 20.5. The van der Waals surface area contributed by atoms with Crippen molar-refractivity contribution in [1.29, 1.82) is 0 Å². The number of nitrogens with zero attached hydrogens (tertiary/aromatic N) is 3. The molecule has 0 unspecified atom stereocenters. The van der Waals surface area contributed by atoms with Crippen LogP contribution in [-0.4, -0.2) is 36.9 Å². The van der Waals surface area contributed by atoms with Gasteiger partial charge >= 0.3 is 6.01 Å². The van der Waals surface area contributed by atoms with E-state index in [4.69, 9.17) is 14.7 Å². The molecule has 0 amide bonds. The molecule has 218 valence electrons. The summed E-state index contributed by atoms with van der Waals surface area (Å²) in [6, 6.07) is 20.6. The third-order valence-electron chi connectivity index (χ3n) is 7.64. The largest absolute Gasteiger partial charge is 0.508 e. The van der Waals surface area contributed by atoms with Gasteiger partial charge in [0.25, 0.3) is 0 Å². The second-order valence-corrected chi connectivity index (χ2v) is 10.8. The number of rotatable bonds is 14. The minimum atomic E-state index is -0.340. The van der Waals surface area contributed by atoms with Crippen molar-refractivity contribution in [2.24, 2.45) is 0 Å². The maximum atomic E-state index is 10.6. The van der Waals surface area contributed by atoms with E-state index >= 15 is 0 Å². The van der Waals surface area contributed by atoms with Crippen molar-refractivity contribution in [3.8, 4) is 46.0 Å². The van der Waals surface area contributed by atoms with Gasteiger partial charge in [0, 0.05) is 17.7 Å². The van der Waals surface area contributed by atoms with E-state index in [1.54, 1.807) is 0 Å². The molecule has 5 rings (SSSR count). The first-order valence-electron chi connectivity index (χ1n) is 15.1. The first-order valence-corrected chi connectivity index (χ1v) is 15.1. The average Bonchev–Trinajstić information content (AvgIpc) is 2.98. The van der Waals surface area contributed by atoms with E-state index in [2.05, 4.69) is 18.0 Å². The fourth-order valence-electron chi connectivity index (χ4n) is 5.48. The molecule has 0 saturated heterocycles. The Kier molecular flexibility index (Phi) is 9.70. The quantitative estimate of drug-likeness (QED) is 0.0911. The highest BCUT2D eigenvalue weighted by atomic mass is 16.5. The van der Waals surface area contributed by atoms with E-state index in [0.717, 1.165) is 52.1 Å². The van der Waals surface area contributed by atoms with Gasteiger partial charge in [-0.1, -0.05) is 113 Å². The Bertz CT molecular complexity index is 1580. The van der Waals surface area contributed by atoms with Gasteiger partial charge in [0.1, 0.15) is 22.8 Å². The third kappa shape index (κ3) is 6.90. The second-order valence-electron chi connectivity index (χ2n) is 10.8. The Morgan fingerprint density at radius 3 is 1.64 bits per heavy atom. The molecule has 0 spiro atoms. The molecule has 7 nitrogen and oxygen atoms in total. The Labute approximate surface area is 246 Å². The van der Waals surface area contributed by atoms with Crippen molar-refractivity contribution in [3.05, 3.63) is 66.7 Å². The molecule has 0 aliphatic rings. The molecule has 0 aliphatic heterocycles. The van der Waals surface area contributed by atoms with E-state index in [9.17, 15) is 15.3 Å². The second kappa shape index (κ2) is 14.0. The lowest BCUT2D eigenvalue weighted by molar-refractivity contribution is 0.281. The van der Waals surface area contributed by atoms with Crippen LogP contribution in [0.5, 0.6) is 23.3 Å². The summed E-state index contributed by atoms with van der Waals surface area (Å²) in [4.78, 5) is 13.9. The van der Waals surface area contributed by atoms with Crippen LogP contribution >= 0.6 is 0 Å². The minimum absolute atomic E-state index is 0.00442. The fraction of sp³-hybridized carbons (Fsp3) is 0.343. The van der Waals surface area contributed by atoms with Crippen LogP contribution in [0.3, 0.4) is 0 Å². The van der Waals surface area contributed by atoms with Crippen LogP contribution in [-0.2, 0) is 0 Å². The summed E-state index contributed by atoms with van der Waals surface area (Å²) in [5.41, 5.74) is 0.818. The fourth-order valence-corrected chi connectivity index (χ4v) is 5.48. The van der Waals surface area contributed by atoms with E-state index in [-0.39, 0.29) is 34.6 Å². The summed E-state index contributed by atoms with van der Waals surface area (Å²) in [5.74, 6) is -0.510. The Hall–Kier alpha value is -4.39. The van der Waals surface area contributed by atoms with Crippen LogP contribution in [0.1, 0.15) is 71.1 Å². The maximum absolute atomic E-state index is 10.6. The lowest BCUT2D eigenvalue weighted by Crippen LogP contribution is -2.06. The molecule has 0 bridgehead atoms. The van der Waals surface area contributed by atoms with Crippen molar-refractivity contribution in [2.75, 3.05) is 6.61 Å². The Morgan fingerprint density at radius 2 is 1.07 bits per heavy atom. The number of benzene rings is 4. The maximum Gasteiger partial charge on any atom is 0.320 e. The number of hydrogen-bond acceptors (Lipinski definition) is 7. The molecule has 0 fully saturated rings. The average molecular weight is 566 g/mol. The van der Waals surface area contributed by atoms with Gasteiger partial charge < -0.3 is 20.1 Å². The highest BCUT2D eigenvalue weighted by Crippen LogP contribution is 2.41. The van der Waals surface area contributed by atoms with Gasteiger partial charge in [0.15, 0.2) is 11.6 Å². The van der Waals surface area contributed by atoms with Crippen LogP contribution in [0.2, 0.25) is 0 Å². The molecular weight excluding hydrogens is 526 g/mol. The van der Waals surface area contributed by atoms with Crippen LogP contribution in [0, 0.1) is 0 Å². The van der Waals surface area contributed by atoms with Crippen molar-refractivity contribution < 1.29 is 20.1 Å². The van der Waals surface area contributed by atoms with Crippen molar-refractivity contribution >= 4 is 21.5 Å². The summed E-state index contributed by atoms with van der Waals surface area (Å²) in [6.45, 7) is 2.69. The SMILES string of the molecule is CCCCCCCCCCCCOc1nc(-c2c(O)cc(O)cc2O)nc(-c2c3ccccc3cc3ccccc23)n1. The molecule has 0 radical (unpaired) electrons. The molecule has 3 N–H and O–H groups in total. The van der Waals surface area contributed by atoms with E-state index in [0.29, 0.717) is 12.4 Å². The van der Waals surface area contributed by atoms with E-state index in [1.165, 1.54) is 51.4 Å². The number of hydrogen-bond donors (Lipinski definition) is 3. The molecule has 0 atom stereocenters. The number of aromatic hydroxyl groups is 3. The number of unbranched alkanes of at least 4 members (excludes halogenated alkanes) is 9. The molecule has 5 aromatic rings. The minimum Gasteiger partial charge on any atom is -0.508 e. The molecule has 7 heteroatoms. The predicted molar refractivity (Wildman–Crippen MR) is 168 cm³/mol. The Balaban J connectivity index is 1.43. The van der Waals surface area contributed by atoms with Gasteiger partial charge in [-0.25, -0.2) is 4.98 Å². The summed E-state index contributed by atoms with van der Waals surface area (Å²) < 4.78 is 6.06. The first kappa shape index (κ1) is 29.1. The number of aromatic nitrogens is 3. The molecule has 1 aromatic heterocycles. The van der Waals surface area contributed by atoms with Crippen molar-refractivity contribution in [3.63, 3.8) is 0 Å². The van der Waals surface area contributed by atoms with Crippen molar-refractivity contribution in [1.82, 2.24) is 15.0 Å². The van der Waals surface area contributed by atoms with Gasteiger partial charge in [-0.15, -0.1) is 0 Å². The zero-order valence-corrected chi connectivity index (χ0v) is 24.2. The summed E-state index contributed by atoms with van der Waals surface area (Å²) in [7, 11) is 0. The highest BCUT2D eigenvalue weighted by molar-refractivity contribution is 6.11. The van der Waals surface area contributed by atoms with Gasteiger partial charge in [0.2, 0.25) is 0 Å². The topological polar surface area (TPSA) is 109 Å². The van der Waals surface area contributed by atoms with Gasteiger partial charge in [-0.2, -0.15) is 9.97 Å². The van der Waals surface area contributed by atoms with E-state index < -0.39 is 0 Å². The molecule has 42 heavy (non-hydrogen) atoms. The molecular formula is C35H39N3O4. The third-order valence-corrected chi connectivity index (χ3v) is 7.64. The standard InChI is InChI=1S/C35H39N3O4/c1-2-3-4-5-6-7-8-9-10-15-20-42-35-37-33(36-34(38-35)32-29(40)22-26(39)23-30(32)41)31-27-18-13-11-16-24(27)21-25-17-12-14-19-28(25)31/h11-14,16-19,21-23,39-41H,2-10,15,20H2,1H3. The lowest BCUT2D eigenvalue weighted by atomic mass is 9.96. The smallest absolute Gasteiger partial charge is 0.320 e. The van der Waals surface area contributed by atoms with Crippen LogP contribution in [0.4, 0.5) is 0 Å². The molecule has 1 heterocycles. The zero-order valence-electron chi connectivity index (χ0n) is 24.2. The molecule has 0 aliphatic carbocycles. The number of phenols is 3. The number of ether oxygens (including phenoxy) is 1. The van der Waals surface area contributed by atoms with Crippen molar-refractivity contribution in [2.45, 2.75) is 71.1 Å². The van der Waals surface area contributed by atoms with Crippen LogP contribution < -0.4 is 4.74 Å². The van der Waals surface area contributed by atoms with Crippen LogP contribution in [0.25, 0.3) is 44.3 Å². The predicted octanol–water partition coefficient (Wildman–Crippen LogP) is 8.93. The van der Waals surface area contributed by atoms with Gasteiger partial charge in [-0.05, 0) is 34.0 Å². The molecule has 0 saturated carbocycles. The monoisotopic (exact) mass is 565 g/mol. The van der Waals surface area contributed by atoms with Gasteiger partial charge in [0.05, 0.1) is 6.61 Å². The summed E-state index contributed by atoms with van der Waals surface area (Å²) >= 11 is 0. The number of fused-ring (bicyclic) bond motifs is 2. The van der Waals surface area contributed by atoms with E-state index in [1.807, 2.05) is 48.5 Å². The normalized spacial score (nSPS) is 11.4. The lowest BCUT2D eigenvalue weighted by Gasteiger charge is -2.14. The summed E-state index contributed by atoms with van der Waals surface area (Å²) in [6.07, 6.45) is 12.2. The summed E-state index contributed by atoms with van der Waals surface area (Å²) in [5, 5.41) is 35.1.